The van der Waals surface area contributed by atoms with Gasteiger partial charge in [0.05, 0.1) is 25.9 Å². The Bertz CT molecular complexity index is 414. The van der Waals surface area contributed by atoms with Crippen molar-refractivity contribution >= 4 is 0 Å². The minimum absolute atomic E-state index is 0.213. The second-order valence-electron chi connectivity index (χ2n) is 5.39. The van der Waals surface area contributed by atoms with Crippen LogP contribution in [0.15, 0.2) is 4.52 Å². The monoisotopic (exact) mass is 282 g/mol. The number of nitrogens with zero attached hydrogens (tertiary/aromatic N) is 3. The minimum atomic E-state index is -0.257. The highest BCUT2D eigenvalue weighted by atomic mass is 16.6. The van der Waals surface area contributed by atoms with Crippen molar-refractivity contribution in [3.05, 3.63) is 11.7 Å². The third-order valence-electron chi connectivity index (χ3n) is 3.78. The van der Waals surface area contributed by atoms with E-state index in [1.807, 2.05) is 0 Å². The van der Waals surface area contributed by atoms with Crippen molar-refractivity contribution in [3.8, 4) is 0 Å². The first kappa shape index (κ1) is 13.9. The average molecular weight is 282 g/mol. The Morgan fingerprint density at radius 1 is 1.25 bits per heavy atom. The summed E-state index contributed by atoms with van der Waals surface area (Å²) in [5.74, 6) is 1.02. The van der Waals surface area contributed by atoms with E-state index in [0.29, 0.717) is 31.5 Å². The molecule has 2 atom stereocenters. The highest BCUT2D eigenvalue weighted by Crippen LogP contribution is 2.20. The van der Waals surface area contributed by atoms with Gasteiger partial charge < -0.3 is 24.6 Å². The predicted octanol–water partition coefficient (Wildman–Crippen LogP) is 0.643. The molecule has 112 valence electrons. The van der Waals surface area contributed by atoms with Crippen LogP contribution in [0.25, 0.3) is 0 Å². The molecule has 2 saturated heterocycles. The molecule has 0 amide bonds. The van der Waals surface area contributed by atoms with Gasteiger partial charge in [-0.05, 0) is 25.9 Å². The molecule has 1 aromatic heterocycles. The molecule has 7 heteroatoms. The molecule has 2 aliphatic rings. The normalized spacial score (nSPS) is 26.6. The highest BCUT2D eigenvalue weighted by Gasteiger charge is 2.25. The van der Waals surface area contributed by atoms with Crippen LogP contribution < -0.4 is 5.73 Å². The highest BCUT2D eigenvalue weighted by molar-refractivity contribution is 4.97. The van der Waals surface area contributed by atoms with E-state index in [4.69, 9.17) is 19.7 Å². The maximum atomic E-state index is 6.17. The van der Waals surface area contributed by atoms with Gasteiger partial charge in [-0.25, -0.2) is 0 Å². The van der Waals surface area contributed by atoms with E-state index in [0.717, 1.165) is 19.6 Å². The van der Waals surface area contributed by atoms with Crippen LogP contribution in [0.5, 0.6) is 0 Å². The summed E-state index contributed by atoms with van der Waals surface area (Å²) in [6.07, 6.45) is 3.55. The standard InChI is InChI=1S/C13H22N4O3/c14-10(8-17-4-2-1-3-5-17)12-15-13(20-16-12)11-9-18-6-7-19-11/h10-11H,1-9,14H2. The molecule has 2 fully saturated rings. The first-order valence-electron chi connectivity index (χ1n) is 7.34. The number of likely N-dealkylation sites (tertiary alicyclic amines) is 1. The van der Waals surface area contributed by atoms with Crippen molar-refractivity contribution in [3.63, 3.8) is 0 Å². The topological polar surface area (TPSA) is 86.6 Å². The number of rotatable bonds is 4. The second-order valence-corrected chi connectivity index (χ2v) is 5.39. The van der Waals surface area contributed by atoms with Gasteiger partial charge in [-0.3, -0.25) is 0 Å². The van der Waals surface area contributed by atoms with Gasteiger partial charge in [0.25, 0.3) is 5.89 Å². The molecule has 2 unspecified atom stereocenters. The Labute approximate surface area is 118 Å². The molecular formula is C13H22N4O3. The summed E-state index contributed by atoms with van der Waals surface area (Å²) in [4.78, 5) is 6.73. The molecule has 0 aliphatic carbocycles. The zero-order valence-corrected chi connectivity index (χ0v) is 11.7. The molecule has 0 bridgehead atoms. The Hall–Kier alpha value is -1.02. The summed E-state index contributed by atoms with van der Waals surface area (Å²) in [5.41, 5.74) is 6.17. The molecule has 2 aliphatic heterocycles. The molecule has 0 spiro atoms. The van der Waals surface area contributed by atoms with Crippen molar-refractivity contribution in [2.75, 3.05) is 39.5 Å². The van der Waals surface area contributed by atoms with Crippen LogP contribution >= 0.6 is 0 Å². The fourth-order valence-corrected chi connectivity index (χ4v) is 2.66. The summed E-state index contributed by atoms with van der Waals surface area (Å²) < 4.78 is 16.1. The van der Waals surface area contributed by atoms with Crippen LogP contribution in [0.4, 0.5) is 0 Å². The summed E-state index contributed by atoms with van der Waals surface area (Å²) >= 11 is 0. The molecule has 20 heavy (non-hydrogen) atoms. The Morgan fingerprint density at radius 3 is 2.85 bits per heavy atom. The van der Waals surface area contributed by atoms with E-state index in [9.17, 15) is 0 Å². The lowest BCUT2D eigenvalue weighted by atomic mass is 10.1. The molecule has 0 saturated carbocycles. The van der Waals surface area contributed by atoms with E-state index >= 15 is 0 Å². The molecule has 2 N–H and O–H groups in total. The lowest BCUT2D eigenvalue weighted by Crippen LogP contribution is -2.36. The van der Waals surface area contributed by atoms with E-state index in [1.54, 1.807) is 0 Å². The van der Waals surface area contributed by atoms with Crippen molar-refractivity contribution in [2.24, 2.45) is 5.73 Å². The van der Waals surface area contributed by atoms with Crippen LogP contribution in [0, 0.1) is 0 Å². The lowest BCUT2D eigenvalue weighted by Gasteiger charge is -2.27. The average Bonchev–Trinajstić information content (AvgIpc) is 2.99. The number of ether oxygens (including phenoxy) is 2. The second kappa shape index (κ2) is 6.62. The van der Waals surface area contributed by atoms with Gasteiger partial charge in [-0.1, -0.05) is 11.6 Å². The number of hydrogen-bond donors (Lipinski definition) is 1. The van der Waals surface area contributed by atoms with Crippen LogP contribution in [0.1, 0.15) is 43.1 Å². The van der Waals surface area contributed by atoms with E-state index in [2.05, 4.69) is 15.0 Å². The molecular weight excluding hydrogens is 260 g/mol. The minimum Gasteiger partial charge on any atom is -0.376 e. The van der Waals surface area contributed by atoms with Crippen molar-refractivity contribution in [2.45, 2.75) is 31.4 Å². The Morgan fingerprint density at radius 2 is 2.10 bits per heavy atom. The SMILES string of the molecule is NC(CN1CCCCC1)c1noc(C2COCCO2)n1. The molecule has 3 rings (SSSR count). The van der Waals surface area contributed by atoms with Crippen LogP contribution in [-0.2, 0) is 9.47 Å². The molecule has 0 radical (unpaired) electrons. The molecule has 0 aromatic carbocycles. The maximum absolute atomic E-state index is 6.17. The van der Waals surface area contributed by atoms with E-state index in [-0.39, 0.29) is 12.1 Å². The van der Waals surface area contributed by atoms with Crippen LogP contribution in [0.3, 0.4) is 0 Å². The first-order chi connectivity index (χ1) is 9.83. The number of piperidine rings is 1. The number of nitrogens with two attached hydrogens (primary N) is 1. The summed E-state index contributed by atoms with van der Waals surface area (Å²) in [6.45, 7) is 4.63. The summed E-state index contributed by atoms with van der Waals surface area (Å²) in [7, 11) is 0. The largest absolute Gasteiger partial charge is 0.376 e. The Kier molecular flexibility index (Phi) is 4.62. The van der Waals surface area contributed by atoms with Crippen LogP contribution in [0.2, 0.25) is 0 Å². The van der Waals surface area contributed by atoms with E-state index < -0.39 is 0 Å². The van der Waals surface area contributed by atoms with Gasteiger partial charge >= 0.3 is 0 Å². The Balaban J connectivity index is 1.57. The third kappa shape index (κ3) is 3.35. The maximum Gasteiger partial charge on any atom is 0.258 e. The quantitative estimate of drug-likeness (QED) is 0.867. The fraction of sp³-hybridized carbons (Fsp3) is 0.846. The van der Waals surface area contributed by atoms with Gasteiger partial charge in [0.1, 0.15) is 0 Å². The van der Waals surface area contributed by atoms with Gasteiger partial charge in [-0.2, -0.15) is 4.98 Å². The third-order valence-corrected chi connectivity index (χ3v) is 3.78. The predicted molar refractivity (Wildman–Crippen MR) is 71.0 cm³/mol. The van der Waals surface area contributed by atoms with Gasteiger partial charge in [0.2, 0.25) is 0 Å². The lowest BCUT2D eigenvalue weighted by molar-refractivity contribution is -0.101. The van der Waals surface area contributed by atoms with Gasteiger partial charge in [0.15, 0.2) is 11.9 Å². The van der Waals surface area contributed by atoms with E-state index in [1.165, 1.54) is 19.3 Å². The zero-order chi connectivity index (χ0) is 13.8. The fourth-order valence-electron chi connectivity index (χ4n) is 2.66. The summed E-state index contributed by atoms with van der Waals surface area (Å²) in [5, 5.41) is 3.98. The molecule has 3 heterocycles. The van der Waals surface area contributed by atoms with Crippen molar-refractivity contribution < 1.29 is 14.0 Å². The van der Waals surface area contributed by atoms with Gasteiger partial charge in [0, 0.05) is 6.54 Å². The van der Waals surface area contributed by atoms with Crippen molar-refractivity contribution in [1.82, 2.24) is 15.0 Å². The van der Waals surface area contributed by atoms with Gasteiger partial charge in [-0.15, -0.1) is 0 Å². The zero-order valence-electron chi connectivity index (χ0n) is 11.7. The molecule has 7 nitrogen and oxygen atoms in total. The number of hydrogen-bond acceptors (Lipinski definition) is 7. The number of aromatic nitrogens is 2. The van der Waals surface area contributed by atoms with Crippen molar-refractivity contribution in [1.29, 1.82) is 0 Å². The first-order valence-corrected chi connectivity index (χ1v) is 7.34. The smallest absolute Gasteiger partial charge is 0.258 e. The van der Waals surface area contributed by atoms with Crippen LogP contribution in [-0.4, -0.2) is 54.5 Å². The summed E-state index contributed by atoms with van der Waals surface area (Å²) in [6, 6.07) is -0.213. The molecule has 1 aromatic rings.